The van der Waals surface area contributed by atoms with Crippen molar-refractivity contribution in [1.82, 2.24) is 16.0 Å². The predicted octanol–water partition coefficient (Wildman–Crippen LogP) is 12.7. The summed E-state index contributed by atoms with van der Waals surface area (Å²) < 4.78 is 0. The number of hydrogen-bond donors (Lipinski definition) is 4. The van der Waals surface area contributed by atoms with Crippen LogP contribution in [-0.2, 0) is 14.4 Å². The number of nitrogens with one attached hydrogen (secondary N) is 3. The molecule has 0 aromatic heterocycles. The summed E-state index contributed by atoms with van der Waals surface area (Å²) in [5.41, 5.74) is 5.47. The fourth-order valence-corrected chi connectivity index (χ4v) is 7.98. The molecule has 65 heavy (non-hydrogen) atoms. The topological polar surface area (TPSA) is 144 Å². The van der Waals surface area contributed by atoms with Crippen LogP contribution in [0.2, 0.25) is 0 Å². The number of Topliss-reactive ketones (excluding diaryl/α,β-unsaturated/α-hetero) is 1. The number of unbranched alkanes of at least 4 members (excludes halogenated alkanes) is 24. The molecule has 0 fully saturated rings. The highest BCUT2D eigenvalue weighted by Crippen LogP contribution is 2.15. The lowest BCUT2D eigenvalue weighted by atomic mass is 9.99. The first-order valence-electron chi connectivity index (χ1n) is 26.9. The van der Waals surface area contributed by atoms with Gasteiger partial charge >= 0.3 is 0 Å². The molecule has 0 spiro atoms. The molecule has 1 aromatic carbocycles. The maximum Gasteiger partial charge on any atom is 0.244 e. The molecule has 0 bridgehead atoms. The molecule has 3 amide bonds. The molecule has 1 rings (SSSR count). The van der Waals surface area contributed by atoms with Crippen molar-refractivity contribution in [2.45, 2.75) is 245 Å². The molecule has 2 atom stereocenters. The normalized spacial score (nSPS) is 12.6. The van der Waals surface area contributed by atoms with Gasteiger partial charge in [-0.2, -0.15) is 0 Å². The Balaban J connectivity index is 2.52. The van der Waals surface area contributed by atoms with E-state index < -0.39 is 6.04 Å². The fourth-order valence-electron chi connectivity index (χ4n) is 7.98. The Hall–Kier alpha value is -3.59. The maximum atomic E-state index is 13.4. The molecule has 0 aliphatic heterocycles. The van der Waals surface area contributed by atoms with E-state index in [-0.39, 0.29) is 36.6 Å². The van der Waals surface area contributed by atoms with Crippen LogP contribution in [0.25, 0.3) is 0 Å². The summed E-state index contributed by atoms with van der Waals surface area (Å²) in [6.45, 7) is 7.25. The second-order valence-electron chi connectivity index (χ2n) is 18.6. The van der Waals surface area contributed by atoms with Gasteiger partial charge in [-0.3, -0.25) is 24.2 Å². The Morgan fingerprint density at radius 2 is 1.03 bits per heavy atom. The van der Waals surface area contributed by atoms with Crippen LogP contribution in [0.5, 0.6) is 0 Å². The van der Waals surface area contributed by atoms with E-state index in [9.17, 15) is 19.2 Å². The third kappa shape index (κ3) is 37.2. The van der Waals surface area contributed by atoms with Crippen LogP contribution in [0.3, 0.4) is 0 Å². The number of quaternary nitrogens is 1. The third-order valence-electron chi connectivity index (χ3n) is 12.1. The van der Waals surface area contributed by atoms with Gasteiger partial charge in [-0.1, -0.05) is 172 Å². The minimum Gasteiger partial charge on any atom is -0.355 e. The lowest BCUT2D eigenvalue weighted by molar-refractivity contribution is -0.415. The van der Waals surface area contributed by atoms with E-state index in [1.54, 1.807) is 6.21 Å². The van der Waals surface area contributed by atoms with Crippen molar-refractivity contribution >= 4 is 29.7 Å². The first-order valence-corrected chi connectivity index (χ1v) is 26.9. The summed E-state index contributed by atoms with van der Waals surface area (Å²) in [7, 11) is 0. The second-order valence-corrected chi connectivity index (χ2v) is 18.6. The maximum absolute atomic E-state index is 13.4. The molecule has 9 nitrogen and oxygen atoms in total. The Kier molecular flexibility index (Phi) is 40.5. The van der Waals surface area contributed by atoms with Crippen molar-refractivity contribution in [3.63, 3.8) is 0 Å². The van der Waals surface area contributed by atoms with Crippen LogP contribution in [0.1, 0.15) is 249 Å². The first-order chi connectivity index (χ1) is 31.8. The van der Waals surface area contributed by atoms with Crippen LogP contribution >= 0.6 is 0 Å². The second kappa shape index (κ2) is 44.3. The predicted molar refractivity (Wildman–Crippen MR) is 276 cm³/mol. The molecule has 2 unspecified atom stereocenters. The molecule has 0 saturated heterocycles. The van der Waals surface area contributed by atoms with E-state index in [1.807, 2.05) is 24.3 Å². The molecule has 9 heteroatoms. The number of allylic oxidation sites excluding steroid dienone is 4. The number of carbonyl (C=O) groups is 4. The number of carbonyl (C=O) groups excluding carboxylic acids is 4. The number of benzene rings is 1. The summed E-state index contributed by atoms with van der Waals surface area (Å²) in [6.07, 6.45) is 47.4. The van der Waals surface area contributed by atoms with Gasteiger partial charge in [0.05, 0.1) is 12.6 Å². The number of nitrogens with zero attached hydrogens (tertiary/aromatic N) is 1. The van der Waals surface area contributed by atoms with Gasteiger partial charge in [0.2, 0.25) is 17.7 Å². The van der Waals surface area contributed by atoms with E-state index in [2.05, 4.69) is 71.8 Å². The molecule has 0 heterocycles. The van der Waals surface area contributed by atoms with Gasteiger partial charge in [0, 0.05) is 49.7 Å². The van der Waals surface area contributed by atoms with E-state index in [4.69, 9.17) is 0 Å². The summed E-state index contributed by atoms with van der Waals surface area (Å²) in [5.74, 6) is -0.506. The number of ketones is 1. The van der Waals surface area contributed by atoms with E-state index in [0.717, 1.165) is 89.0 Å². The van der Waals surface area contributed by atoms with Crippen molar-refractivity contribution < 1.29 is 24.9 Å². The standard InChI is InChI=1S/C56H97N5O4/c1-4-6-8-10-12-14-16-18-20-22-24-26-28-30-35-43-54(63)60-48-52(61-55(64)44-36-31-29-27-25-23-21-19-17-15-13-11-9-7-5-2)56(65)59-46-45-58-47-50-40-37-38-41-51(50)53(62)42-34-32-33-39-49(3)57/h18-21,37-38,40-41,47,49,52H,4-17,22-36,39,42-46,48,57H2,1-3H3,(H,59,65)(H,60,63)(H,61,64)/p+1/b20-18-,21-19-,58-47?. The minimum absolute atomic E-state index is 0.0426. The van der Waals surface area contributed by atoms with Gasteiger partial charge in [0.25, 0.3) is 0 Å². The van der Waals surface area contributed by atoms with Gasteiger partial charge in [-0.25, -0.2) is 0 Å². The molecule has 370 valence electrons. The van der Waals surface area contributed by atoms with E-state index in [1.165, 1.54) is 109 Å². The zero-order valence-electron chi connectivity index (χ0n) is 42.1. The highest BCUT2D eigenvalue weighted by Gasteiger charge is 2.21. The Morgan fingerprint density at radius 3 is 1.57 bits per heavy atom. The Labute approximate surface area is 398 Å². The number of hydrogen-bond acceptors (Lipinski definition) is 5. The number of aliphatic imine (C=N–C) groups is 1. The minimum atomic E-state index is -0.872. The number of amides is 3. The van der Waals surface area contributed by atoms with Crippen molar-refractivity contribution in [3.05, 3.63) is 59.7 Å². The molecule has 1 aromatic rings. The molecule has 0 saturated carbocycles. The molecule has 0 aliphatic carbocycles. The SMILES string of the molecule is CCCCCCCC/C=C\CCCCCCCC(=O)NCC(NC(=O)CCCCCCC/C=C\CCCCCCCC)C(=O)NCCN=Cc1ccccc1C(=O)CCCCCC(C)[NH3+]. The van der Waals surface area contributed by atoms with Crippen LogP contribution in [-0.4, -0.2) is 61.4 Å². The lowest BCUT2D eigenvalue weighted by Gasteiger charge is -2.19. The first kappa shape index (κ1) is 59.4. The van der Waals surface area contributed by atoms with Gasteiger partial charge in [0.15, 0.2) is 5.78 Å². The zero-order valence-corrected chi connectivity index (χ0v) is 42.1. The summed E-state index contributed by atoms with van der Waals surface area (Å²) >= 11 is 0. The van der Waals surface area contributed by atoms with Crippen LogP contribution in [0.4, 0.5) is 0 Å². The van der Waals surface area contributed by atoms with Gasteiger partial charge < -0.3 is 21.7 Å². The Bertz CT molecular complexity index is 1420. The van der Waals surface area contributed by atoms with Gasteiger partial charge in [-0.15, -0.1) is 0 Å². The fraction of sp³-hybridized carbons (Fsp3) is 0.732. The highest BCUT2D eigenvalue weighted by atomic mass is 16.2. The van der Waals surface area contributed by atoms with Gasteiger partial charge in [-0.05, 0) is 90.4 Å². The smallest absolute Gasteiger partial charge is 0.244 e. The van der Waals surface area contributed by atoms with Crippen LogP contribution in [0.15, 0.2) is 53.6 Å². The van der Waals surface area contributed by atoms with Crippen LogP contribution < -0.4 is 21.7 Å². The summed E-state index contributed by atoms with van der Waals surface area (Å²) in [5, 5.41) is 8.72. The highest BCUT2D eigenvalue weighted by molar-refractivity contribution is 6.03. The average Bonchev–Trinajstić information content (AvgIpc) is 3.29. The Morgan fingerprint density at radius 1 is 0.569 bits per heavy atom. The molecular formula is C56H98N5O4+. The van der Waals surface area contributed by atoms with Crippen LogP contribution in [0, 0.1) is 0 Å². The van der Waals surface area contributed by atoms with E-state index in [0.29, 0.717) is 37.4 Å². The summed E-state index contributed by atoms with van der Waals surface area (Å²) in [4.78, 5) is 56.8. The number of rotatable bonds is 45. The average molecular weight is 905 g/mol. The largest absolute Gasteiger partial charge is 0.355 e. The molecule has 0 radical (unpaired) electrons. The van der Waals surface area contributed by atoms with Crippen molar-refractivity contribution in [1.29, 1.82) is 0 Å². The lowest BCUT2D eigenvalue weighted by Crippen LogP contribution is -2.58. The van der Waals surface area contributed by atoms with Crippen molar-refractivity contribution in [3.8, 4) is 0 Å². The summed E-state index contributed by atoms with van der Waals surface area (Å²) in [6, 6.07) is 7.07. The molecular weight excluding hydrogens is 807 g/mol. The monoisotopic (exact) mass is 905 g/mol. The van der Waals surface area contributed by atoms with Gasteiger partial charge in [0.1, 0.15) is 6.04 Å². The quantitative estimate of drug-likeness (QED) is 0.0223. The zero-order chi connectivity index (χ0) is 47.3. The molecule has 6 N–H and O–H groups in total. The van der Waals surface area contributed by atoms with Crippen molar-refractivity contribution in [2.24, 2.45) is 4.99 Å². The third-order valence-corrected chi connectivity index (χ3v) is 12.1. The molecule has 0 aliphatic rings. The van der Waals surface area contributed by atoms with E-state index >= 15 is 0 Å². The van der Waals surface area contributed by atoms with Crippen molar-refractivity contribution in [2.75, 3.05) is 19.6 Å².